The zero-order valence-electron chi connectivity index (χ0n) is 8.65. The van der Waals surface area contributed by atoms with E-state index in [2.05, 4.69) is 4.98 Å². The fourth-order valence-corrected chi connectivity index (χ4v) is 2.75. The summed E-state index contributed by atoms with van der Waals surface area (Å²) in [6.07, 6.45) is 0. The second-order valence-corrected chi connectivity index (χ2v) is 5.28. The zero-order valence-corrected chi connectivity index (χ0v) is 12.4. The van der Waals surface area contributed by atoms with Crippen molar-refractivity contribution < 1.29 is 0 Å². The van der Waals surface area contributed by atoms with Crippen LogP contribution in [0.25, 0.3) is 11.3 Å². The lowest BCUT2D eigenvalue weighted by atomic mass is 10.1. The lowest BCUT2D eigenvalue weighted by Gasteiger charge is -2.12. The van der Waals surface area contributed by atoms with E-state index in [9.17, 15) is 0 Å². The first-order valence-electron chi connectivity index (χ1n) is 4.67. The van der Waals surface area contributed by atoms with E-state index in [1.54, 1.807) is 18.2 Å². The molecule has 0 unspecified atom stereocenters. The zero-order chi connectivity index (χ0) is 13.4. The Balaban J connectivity index is 2.80. The summed E-state index contributed by atoms with van der Waals surface area (Å²) in [7, 11) is 0. The number of anilines is 1. The van der Waals surface area contributed by atoms with Crippen molar-refractivity contribution >= 4 is 63.8 Å². The van der Waals surface area contributed by atoms with Gasteiger partial charge in [0.2, 0.25) is 0 Å². The third-order valence-electron chi connectivity index (χ3n) is 2.24. The van der Waals surface area contributed by atoms with Crippen LogP contribution in [0.5, 0.6) is 0 Å². The molecule has 0 atom stereocenters. The summed E-state index contributed by atoms with van der Waals surface area (Å²) in [5, 5.41) is 0.753. The maximum absolute atomic E-state index is 6.12. The van der Waals surface area contributed by atoms with Crippen LogP contribution in [-0.2, 0) is 0 Å². The number of rotatable bonds is 1. The topological polar surface area (TPSA) is 38.9 Å². The summed E-state index contributed by atoms with van der Waals surface area (Å²) in [6, 6.07) is 5.06. The quantitative estimate of drug-likeness (QED) is 0.541. The summed E-state index contributed by atoms with van der Waals surface area (Å²) in [5.41, 5.74) is 6.50. The second-order valence-electron chi connectivity index (χ2n) is 3.39. The molecule has 2 N–H and O–H groups in total. The van der Waals surface area contributed by atoms with Gasteiger partial charge >= 0.3 is 0 Å². The van der Waals surface area contributed by atoms with Crippen molar-refractivity contribution in [2.45, 2.75) is 0 Å². The Bertz CT molecular complexity index is 598. The molecule has 0 bridgehead atoms. The normalized spacial score (nSPS) is 10.7. The lowest BCUT2D eigenvalue weighted by Crippen LogP contribution is -1.93. The average molecular weight is 342 g/mol. The van der Waals surface area contributed by atoms with Gasteiger partial charge in [0.05, 0.1) is 30.8 Å². The van der Waals surface area contributed by atoms with Crippen molar-refractivity contribution in [3.63, 3.8) is 0 Å². The van der Waals surface area contributed by atoms with Crippen molar-refractivity contribution in [1.29, 1.82) is 0 Å². The van der Waals surface area contributed by atoms with Gasteiger partial charge in [-0.25, -0.2) is 4.98 Å². The summed E-state index contributed by atoms with van der Waals surface area (Å²) in [4.78, 5) is 4.13. The van der Waals surface area contributed by atoms with Crippen LogP contribution in [0.15, 0.2) is 18.2 Å². The fourth-order valence-electron chi connectivity index (χ4n) is 1.42. The van der Waals surface area contributed by atoms with Crippen molar-refractivity contribution in [2.24, 2.45) is 0 Å². The smallest absolute Gasteiger partial charge is 0.124 e. The molecule has 0 aliphatic rings. The molecule has 2 aromatic rings. The highest BCUT2D eigenvalue weighted by Crippen LogP contribution is 2.47. The molecule has 2 nitrogen and oxygen atoms in total. The predicted molar refractivity (Wildman–Crippen MR) is 79.1 cm³/mol. The number of pyridine rings is 1. The standard InChI is InChI=1S/C11H5Cl5N2/c12-7-6(4-2-1-3-5(17)18-4)8(13)10(15)11(16)9(7)14/h1-3H,(H2,17,18). The highest BCUT2D eigenvalue weighted by Gasteiger charge is 2.21. The van der Waals surface area contributed by atoms with Gasteiger partial charge in [0.15, 0.2) is 0 Å². The van der Waals surface area contributed by atoms with Gasteiger partial charge in [-0.15, -0.1) is 0 Å². The number of nitrogens with zero attached hydrogens (tertiary/aromatic N) is 1. The number of hydrogen-bond acceptors (Lipinski definition) is 2. The lowest BCUT2D eigenvalue weighted by molar-refractivity contribution is 1.33. The van der Waals surface area contributed by atoms with Crippen LogP contribution in [0.2, 0.25) is 25.1 Å². The second kappa shape index (κ2) is 5.32. The van der Waals surface area contributed by atoms with Crippen molar-refractivity contribution in [2.75, 3.05) is 5.73 Å². The molecule has 0 amide bonds. The SMILES string of the molecule is Nc1cccc(-c2c(Cl)c(Cl)c(Cl)c(Cl)c2Cl)n1. The Kier molecular flexibility index (Phi) is 4.15. The molecule has 94 valence electrons. The molecule has 0 radical (unpaired) electrons. The Hall–Kier alpha value is -0.380. The Morgan fingerprint density at radius 1 is 0.778 bits per heavy atom. The summed E-state index contributed by atoms with van der Waals surface area (Å²) in [6.45, 7) is 0. The van der Waals surface area contributed by atoms with Crippen LogP contribution in [-0.4, -0.2) is 4.98 Å². The predicted octanol–water partition coefficient (Wildman–Crippen LogP) is 5.60. The third-order valence-corrected chi connectivity index (χ3v) is 4.51. The summed E-state index contributed by atoms with van der Waals surface area (Å²) < 4.78 is 0. The van der Waals surface area contributed by atoms with Gasteiger partial charge in [0.1, 0.15) is 5.82 Å². The molecule has 0 saturated carbocycles. The maximum Gasteiger partial charge on any atom is 0.124 e. The van der Waals surface area contributed by atoms with E-state index >= 15 is 0 Å². The summed E-state index contributed by atoms with van der Waals surface area (Å²) in [5.74, 6) is 0.335. The first kappa shape index (κ1) is 14.0. The number of nitrogens with two attached hydrogens (primary N) is 1. The number of aromatic nitrogens is 1. The number of hydrogen-bond donors (Lipinski definition) is 1. The molecule has 1 aromatic carbocycles. The molecule has 18 heavy (non-hydrogen) atoms. The van der Waals surface area contributed by atoms with Gasteiger partial charge in [-0.1, -0.05) is 64.1 Å². The molecule has 0 spiro atoms. The number of benzene rings is 1. The molecule has 0 fully saturated rings. The van der Waals surface area contributed by atoms with E-state index < -0.39 is 0 Å². The molecule has 0 aliphatic heterocycles. The van der Waals surface area contributed by atoms with E-state index in [1.807, 2.05) is 0 Å². The molecular weight excluding hydrogens is 337 g/mol. The van der Waals surface area contributed by atoms with Gasteiger partial charge in [-0.05, 0) is 12.1 Å². The van der Waals surface area contributed by atoms with Gasteiger partial charge < -0.3 is 5.73 Å². The van der Waals surface area contributed by atoms with Gasteiger partial charge in [0.25, 0.3) is 0 Å². The minimum atomic E-state index is 0.112. The van der Waals surface area contributed by atoms with Crippen LogP contribution >= 0.6 is 58.0 Å². The van der Waals surface area contributed by atoms with Gasteiger partial charge in [0, 0.05) is 5.56 Å². The minimum absolute atomic E-state index is 0.112. The van der Waals surface area contributed by atoms with Crippen LogP contribution in [0, 0.1) is 0 Å². The van der Waals surface area contributed by atoms with E-state index in [-0.39, 0.29) is 25.1 Å². The van der Waals surface area contributed by atoms with Crippen LogP contribution < -0.4 is 5.73 Å². The minimum Gasteiger partial charge on any atom is -0.384 e. The van der Waals surface area contributed by atoms with Crippen molar-refractivity contribution in [1.82, 2.24) is 4.98 Å². The fraction of sp³-hybridized carbons (Fsp3) is 0. The summed E-state index contributed by atoms with van der Waals surface area (Å²) >= 11 is 30.1. The Morgan fingerprint density at radius 3 is 1.78 bits per heavy atom. The van der Waals surface area contributed by atoms with E-state index in [0.717, 1.165) is 0 Å². The molecular formula is C11H5Cl5N2. The van der Waals surface area contributed by atoms with E-state index in [1.165, 1.54) is 0 Å². The van der Waals surface area contributed by atoms with Crippen molar-refractivity contribution in [3.8, 4) is 11.3 Å². The molecule has 2 rings (SSSR count). The number of nitrogen functional groups attached to an aromatic ring is 1. The van der Waals surface area contributed by atoms with Crippen LogP contribution in [0.3, 0.4) is 0 Å². The highest BCUT2D eigenvalue weighted by molar-refractivity contribution is 6.56. The largest absolute Gasteiger partial charge is 0.384 e. The molecule has 1 heterocycles. The average Bonchev–Trinajstić information content (AvgIpc) is 2.34. The van der Waals surface area contributed by atoms with Crippen LogP contribution in [0.1, 0.15) is 0 Å². The molecule has 1 aromatic heterocycles. The Morgan fingerprint density at radius 2 is 1.28 bits per heavy atom. The van der Waals surface area contributed by atoms with Crippen LogP contribution in [0.4, 0.5) is 5.82 Å². The Labute approximate surface area is 129 Å². The monoisotopic (exact) mass is 340 g/mol. The van der Waals surface area contributed by atoms with Gasteiger partial charge in [-0.2, -0.15) is 0 Å². The third kappa shape index (κ3) is 2.36. The van der Waals surface area contributed by atoms with E-state index in [0.29, 0.717) is 17.1 Å². The first-order chi connectivity index (χ1) is 8.43. The van der Waals surface area contributed by atoms with E-state index in [4.69, 9.17) is 63.7 Å². The maximum atomic E-state index is 6.12. The number of halogens is 5. The van der Waals surface area contributed by atoms with Crippen molar-refractivity contribution in [3.05, 3.63) is 43.3 Å². The first-order valence-corrected chi connectivity index (χ1v) is 6.56. The molecule has 7 heteroatoms. The molecule has 0 saturated heterocycles. The van der Waals surface area contributed by atoms with Gasteiger partial charge in [-0.3, -0.25) is 0 Å². The highest BCUT2D eigenvalue weighted by atomic mass is 35.5. The molecule has 0 aliphatic carbocycles.